The van der Waals surface area contributed by atoms with E-state index in [4.69, 9.17) is 0 Å². The Morgan fingerprint density at radius 3 is 2.80 bits per heavy atom. The highest BCUT2D eigenvalue weighted by atomic mass is 19.1. The molecule has 1 aliphatic rings. The molecule has 4 rings (SSSR count). The van der Waals surface area contributed by atoms with Crippen LogP contribution in [0, 0.1) is 11.4 Å². The Hall–Kier alpha value is -2.97. The van der Waals surface area contributed by atoms with Crippen LogP contribution in [0.1, 0.15) is 20.3 Å². The molecular weight excluding hydrogens is 327 g/mol. The Morgan fingerprint density at radius 2 is 2.12 bits per heavy atom. The Kier molecular flexibility index (Phi) is 3.28. The van der Waals surface area contributed by atoms with E-state index in [9.17, 15) is 14.0 Å². The number of aromatic amines is 1. The first-order chi connectivity index (χ1) is 11.8. The minimum Gasteiger partial charge on any atom is -0.354 e. The lowest BCUT2D eigenvalue weighted by molar-refractivity contribution is 0.418. The summed E-state index contributed by atoms with van der Waals surface area (Å²) in [6.45, 7) is 5.98. The molecule has 1 aliphatic heterocycles. The normalized spacial score (nSPS) is 16.7. The lowest BCUT2D eigenvalue weighted by atomic mass is 9.93. The van der Waals surface area contributed by atoms with Crippen LogP contribution in [0.5, 0.6) is 0 Å². The Bertz CT molecular complexity index is 1080. The van der Waals surface area contributed by atoms with Gasteiger partial charge in [-0.3, -0.25) is 14.3 Å². The van der Waals surface area contributed by atoms with Gasteiger partial charge >= 0.3 is 5.69 Å². The van der Waals surface area contributed by atoms with Gasteiger partial charge in [0.25, 0.3) is 5.56 Å². The molecule has 0 saturated carbocycles. The van der Waals surface area contributed by atoms with Gasteiger partial charge < -0.3 is 4.90 Å². The zero-order valence-corrected chi connectivity index (χ0v) is 13.9. The molecule has 0 bridgehead atoms. The molecule has 25 heavy (non-hydrogen) atoms. The summed E-state index contributed by atoms with van der Waals surface area (Å²) in [6, 6.07) is 2.81. The summed E-state index contributed by atoms with van der Waals surface area (Å²) < 4.78 is 16.5. The van der Waals surface area contributed by atoms with Crippen LogP contribution in [0.2, 0.25) is 0 Å². The monoisotopic (exact) mass is 344 g/mol. The molecule has 1 fully saturated rings. The van der Waals surface area contributed by atoms with Gasteiger partial charge in [-0.2, -0.15) is 8.91 Å². The van der Waals surface area contributed by atoms with E-state index in [2.05, 4.69) is 33.8 Å². The van der Waals surface area contributed by atoms with Crippen molar-refractivity contribution in [1.29, 1.82) is 0 Å². The molecule has 0 aliphatic carbocycles. The number of hydrogen-bond acceptors (Lipinski definition) is 5. The highest BCUT2D eigenvalue weighted by molar-refractivity contribution is 5.71. The van der Waals surface area contributed by atoms with Crippen LogP contribution in [-0.4, -0.2) is 37.2 Å². The van der Waals surface area contributed by atoms with Crippen LogP contribution in [0.25, 0.3) is 11.3 Å². The number of halogens is 1. The summed E-state index contributed by atoms with van der Waals surface area (Å²) in [6.07, 6.45) is 3.45. The topological polar surface area (TPSA) is 88.3 Å². The van der Waals surface area contributed by atoms with Gasteiger partial charge in [0.2, 0.25) is 5.95 Å². The minimum absolute atomic E-state index is 0.158. The molecule has 9 heteroatoms. The van der Waals surface area contributed by atoms with Crippen LogP contribution in [0.15, 0.2) is 34.1 Å². The van der Waals surface area contributed by atoms with Crippen molar-refractivity contribution in [3.05, 3.63) is 51.3 Å². The van der Waals surface area contributed by atoms with Crippen LogP contribution in [0.3, 0.4) is 0 Å². The fourth-order valence-corrected chi connectivity index (χ4v) is 3.18. The summed E-state index contributed by atoms with van der Waals surface area (Å²) in [5.41, 5.74) is -0.497. The summed E-state index contributed by atoms with van der Waals surface area (Å²) in [7, 11) is 0. The molecule has 1 N–H and O–H groups in total. The third kappa shape index (κ3) is 2.61. The summed E-state index contributed by atoms with van der Waals surface area (Å²) in [5.74, 6) is 0.219. The predicted molar refractivity (Wildman–Crippen MR) is 89.8 cm³/mol. The quantitative estimate of drug-likeness (QED) is 0.748. The molecule has 8 nitrogen and oxygen atoms in total. The molecule has 3 aromatic heterocycles. The van der Waals surface area contributed by atoms with Gasteiger partial charge in [-0.05, 0) is 11.8 Å². The standard InChI is InChI=1S/C16H17FN6O2/c1-16(2)4-6-21(9-16)14-10-7-12(20-23(10)11(17)8-18-14)22-5-3-13(24)19-15(22)25/h3,5,7-8H,4,6,9H2,1-2H3,(H,19,24,25). The van der Waals surface area contributed by atoms with E-state index in [0.29, 0.717) is 11.3 Å². The highest BCUT2D eigenvalue weighted by Crippen LogP contribution is 2.33. The first kappa shape index (κ1) is 15.6. The lowest BCUT2D eigenvalue weighted by Crippen LogP contribution is -2.27. The second kappa shape index (κ2) is 5.27. The second-order valence-electron chi connectivity index (χ2n) is 7.02. The zero-order chi connectivity index (χ0) is 17.8. The van der Waals surface area contributed by atoms with E-state index in [1.165, 1.54) is 12.3 Å². The van der Waals surface area contributed by atoms with E-state index >= 15 is 0 Å². The number of nitrogens with zero attached hydrogens (tertiary/aromatic N) is 5. The van der Waals surface area contributed by atoms with Crippen molar-refractivity contribution in [2.75, 3.05) is 18.0 Å². The van der Waals surface area contributed by atoms with Gasteiger partial charge in [-0.15, -0.1) is 5.10 Å². The van der Waals surface area contributed by atoms with Gasteiger partial charge in [0.05, 0.1) is 6.20 Å². The maximum Gasteiger partial charge on any atom is 0.334 e. The van der Waals surface area contributed by atoms with Crippen LogP contribution in [0.4, 0.5) is 10.2 Å². The minimum atomic E-state index is -0.631. The Balaban J connectivity index is 1.88. The summed E-state index contributed by atoms with van der Waals surface area (Å²) in [5, 5.41) is 4.16. The van der Waals surface area contributed by atoms with Gasteiger partial charge in [0, 0.05) is 31.4 Å². The molecule has 0 radical (unpaired) electrons. The fourth-order valence-electron chi connectivity index (χ4n) is 3.18. The second-order valence-corrected chi connectivity index (χ2v) is 7.02. The van der Waals surface area contributed by atoms with E-state index in [-0.39, 0.29) is 11.2 Å². The molecule has 130 valence electrons. The Morgan fingerprint density at radius 1 is 1.32 bits per heavy atom. The largest absolute Gasteiger partial charge is 0.354 e. The van der Waals surface area contributed by atoms with Crippen molar-refractivity contribution in [2.45, 2.75) is 20.3 Å². The molecule has 3 aromatic rings. The SMILES string of the molecule is CC1(C)CCN(c2ncc(F)n3nc(-n4ccc(=O)[nH]c4=O)cc23)C1. The third-order valence-corrected chi connectivity index (χ3v) is 4.47. The van der Waals surface area contributed by atoms with Crippen molar-refractivity contribution >= 4 is 11.3 Å². The van der Waals surface area contributed by atoms with Crippen LogP contribution in [-0.2, 0) is 0 Å². The average Bonchev–Trinajstić information content (AvgIpc) is 3.12. The third-order valence-electron chi connectivity index (χ3n) is 4.47. The van der Waals surface area contributed by atoms with E-state index in [1.54, 1.807) is 6.07 Å². The van der Waals surface area contributed by atoms with E-state index < -0.39 is 17.2 Å². The van der Waals surface area contributed by atoms with Crippen LogP contribution < -0.4 is 16.1 Å². The fraction of sp³-hybridized carbons (Fsp3) is 0.375. The van der Waals surface area contributed by atoms with Gasteiger partial charge in [0.1, 0.15) is 5.52 Å². The van der Waals surface area contributed by atoms with Gasteiger partial charge in [0.15, 0.2) is 11.6 Å². The molecule has 0 unspecified atom stereocenters. The Labute approximate surface area is 141 Å². The molecule has 1 saturated heterocycles. The van der Waals surface area contributed by atoms with Gasteiger partial charge in [-0.1, -0.05) is 13.8 Å². The lowest BCUT2D eigenvalue weighted by Gasteiger charge is -2.21. The zero-order valence-electron chi connectivity index (χ0n) is 13.9. The first-order valence-corrected chi connectivity index (χ1v) is 7.96. The molecule has 0 spiro atoms. The maximum absolute atomic E-state index is 14.2. The highest BCUT2D eigenvalue weighted by Gasteiger charge is 2.31. The number of H-pyrrole nitrogens is 1. The average molecular weight is 344 g/mol. The maximum atomic E-state index is 14.2. The molecule has 0 aromatic carbocycles. The number of nitrogens with one attached hydrogen (secondary N) is 1. The summed E-state index contributed by atoms with van der Waals surface area (Å²) >= 11 is 0. The molecule has 0 atom stereocenters. The van der Waals surface area contributed by atoms with Crippen molar-refractivity contribution in [2.24, 2.45) is 5.41 Å². The molecular formula is C16H17FN6O2. The summed E-state index contributed by atoms with van der Waals surface area (Å²) in [4.78, 5) is 31.7. The first-order valence-electron chi connectivity index (χ1n) is 7.96. The predicted octanol–water partition coefficient (Wildman–Crippen LogP) is 0.944. The van der Waals surface area contributed by atoms with E-state index in [0.717, 1.165) is 34.8 Å². The molecule has 4 heterocycles. The molecule has 0 amide bonds. The van der Waals surface area contributed by atoms with Crippen molar-refractivity contribution < 1.29 is 4.39 Å². The van der Waals surface area contributed by atoms with E-state index in [1.807, 2.05) is 0 Å². The van der Waals surface area contributed by atoms with Crippen molar-refractivity contribution in [1.82, 2.24) is 24.1 Å². The van der Waals surface area contributed by atoms with Gasteiger partial charge in [-0.25, -0.2) is 9.78 Å². The van der Waals surface area contributed by atoms with Crippen LogP contribution >= 0.6 is 0 Å². The smallest absolute Gasteiger partial charge is 0.334 e. The van der Waals surface area contributed by atoms with Crippen molar-refractivity contribution in [3.8, 4) is 5.82 Å². The number of rotatable bonds is 2. The number of hydrogen-bond donors (Lipinski definition) is 1. The number of aromatic nitrogens is 5. The number of fused-ring (bicyclic) bond motifs is 1. The number of anilines is 1. The van der Waals surface area contributed by atoms with Crippen molar-refractivity contribution in [3.63, 3.8) is 0 Å².